The highest BCUT2D eigenvalue weighted by Gasteiger charge is 2.11. The Morgan fingerprint density at radius 2 is 2.00 bits per heavy atom. The van der Waals surface area contributed by atoms with Crippen molar-refractivity contribution in [1.82, 2.24) is 0 Å². The molecule has 0 saturated carbocycles. The maximum atomic E-state index is 11.8. The standard InChI is InChI=1S/C13H12BrNO2/c1-8-9(2)11(6-5-10(8)14)15-13(16)12-4-3-7-17-12/h3-7H,1-2H3,(H,15,16). The first-order valence-electron chi connectivity index (χ1n) is 5.20. The molecule has 1 aromatic carbocycles. The predicted molar refractivity (Wildman–Crippen MR) is 70.3 cm³/mol. The Kier molecular flexibility index (Phi) is 3.33. The molecule has 4 heteroatoms. The summed E-state index contributed by atoms with van der Waals surface area (Å²) in [6.45, 7) is 3.97. The number of furan rings is 1. The summed E-state index contributed by atoms with van der Waals surface area (Å²) in [6.07, 6.45) is 1.48. The van der Waals surface area contributed by atoms with E-state index in [1.165, 1.54) is 6.26 Å². The van der Waals surface area contributed by atoms with E-state index in [9.17, 15) is 4.79 Å². The third-order valence-corrected chi connectivity index (χ3v) is 3.57. The molecule has 0 aliphatic rings. The lowest BCUT2D eigenvalue weighted by atomic mass is 10.1. The molecule has 1 N–H and O–H groups in total. The normalized spacial score (nSPS) is 10.3. The van der Waals surface area contributed by atoms with Crippen LogP contribution in [0.25, 0.3) is 0 Å². The van der Waals surface area contributed by atoms with Gasteiger partial charge in [0.15, 0.2) is 5.76 Å². The summed E-state index contributed by atoms with van der Waals surface area (Å²) >= 11 is 3.45. The molecule has 1 heterocycles. The number of benzene rings is 1. The predicted octanol–water partition coefficient (Wildman–Crippen LogP) is 3.91. The van der Waals surface area contributed by atoms with Gasteiger partial charge in [-0.3, -0.25) is 4.79 Å². The van der Waals surface area contributed by atoms with Crippen LogP contribution in [0.4, 0.5) is 5.69 Å². The van der Waals surface area contributed by atoms with Gasteiger partial charge in [0, 0.05) is 10.2 Å². The Labute approximate surface area is 108 Å². The van der Waals surface area contributed by atoms with Gasteiger partial charge in [-0.1, -0.05) is 15.9 Å². The Bertz CT molecular complexity index is 547. The summed E-state index contributed by atoms with van der Waals surface area (Å²) in [7, 11) is 0. The van der Waals surface area contributed by atoms with Crippen LogP contribution < -0.4 is 5.32 Å². The van der Waals surface area contributed by atoms with Gasteiger partial charge in [0.2, 0.25) is 0 Å². The Hall–Kier alpha value is -1.55. The second kappa shape index (κ2) is 4.75. The highest BCUT2D eigenvalue weighted by atomic mass is 79.9. The minimum atomic E-state index is -0.236. The van der Waals surface area contributed by atoms with Gasteiger partial charge in [-0.05, 0) is 49.2 Å². The summed E-state index contributed by atoms with van der Waals surface area (Å²) in [5.41, 5.74) is 2.95. The topological polar surface area (TPSA) is 42.2 Å². The van der Waals surface area contributed by atoms with Crippen LogP contribution in [-0.2, 0) is 0 Å². The molecule has 3 nitrogen and oxygen atoms in total. The van der Waals surface area contributed by atoms with Crippen LogP contribution in [0.15, 0.2) is 39.4 Å². The molecule has 88 valence electrons. The highest BCUT2D eigenvalue weighted by Crippen LogP contribution is 2.26. The molecule has 17 heavy (non-hydrogen) atoms. The number of hydrogen-bond acceptors (Lipinski definition) is 2. The Balaban J connectivity index is 2.25. The SMILES string of the molecule is Cc1c(Br)ccc(NC(=O)c2ccco2)c1C. The Morgan fingerprint density at radius 3 is 2.65 bits per heavy atom. The number of amides is 1. The third-order valence-electron chi connectivity index (χ3n) is 2.71. The van der Waals surface area contributed by atoms with Gasteiger partial charge in [0.1, 0.15) is 0 Å². The first-order chi connectivity index (χ1) is 8.09. The second-order valence-corrected chi connectivity index (χ2v) is 4.63. The second-order valence-electron chi connectivity index (χ2n) is 3.78. The lowest BCUT2D eigenvalue weighted by molar-refractivity contribution is 0.0996. The van der Waals surface area contributed by atoms with Gasteiger partial charge in [-0.2, -0.15) is 0 Å². The Morgan fingerprint density at radius 1 is 1.24 bits per heavy atom. The molecule has 0 aliphatic heterocycles. The van der Waals surface area contributed by atoms with E-state index >= 15 is 0 Å². The van der Waals surface area contributed by atoms with Crippen LogP contribution in [0.5, 0.6) is 0 Å². The van der Waals surface area contributed by atoms with Gasteiger partial charge >= 0.3 is 0 Å². The van der Waals surface area contributed by atoms with E-state index < -0.39 is 0 Å². The highest BCUT2D eigenvalue weighted by molar-refractivity contribution is 9.10. The molecule has 0 bridgehead atoms. The van der Waals surface area contributed by atoms with Crippen molar-refractivity contribution in [2.75, 3.05) is 5.32 Å². The number of nitrogens with one attached hydrogen (secondary N) is 1. The van der Waals surface area contributed by atoms with Crippen LogP contribution in [0, 0.1) is 13.8 Å². The molecule has 0 spiro atoms. The number of hydrogen-bond donors (Lipinski definition) is 1. The lowest BCUT2D eigenvalue weighted by Crippen LogP contribution is -2.12. The smallest absolute Gasteiger partial charge is 0.291 e. The van der Waals surface area contributed by atoms with Crippen molar-refractivity contribution in [3.05, 3.63) is 51.9 Å². The van der Waals surface area contributed by atoms with Crippen molar-refractivity contribution in [2.45, 2.75) is 13.8 Å². The molecule has 1 amide bonds. The van der Waals surface area contributed by atoms with E-state index in [0.717, 1.165) is 21.3 Å². The molecule has 1 aromatic heterocycles. The first-order valence-corrected chi connectivity index (χ1v) is 5.99. The third kappa shape index (κ3) is 2.42. The van der Waals surface area contributed by atoms with Crippen LogP contribution in [-0.4, -0.2) is 5.91 Å². The average molecular weight is 294 g/mol. The number of rotatable bonds is 2. The summed E-state index contributed by atoms with van der Waals surface area (Å²) in [5, 5.41) is 2.83. The number of carbonyl (C=O) groups excluding carboxylic acids is 1. The largest absolute Gasteiger partial charge is 0.459 e. The molecule has 0 fully saturated rings. The maximum absolute atomic E-state index is 11.8. The molecule has 0 aliphatic carbocycles. The van der Waals surface area contributed by atoms with Crippen molar-refractivity contribution in [2.24, 2.45) is 0 Å². The van der Waals surface area contributed by atoms with Crippen molar-refractivity contribution in [3.8, 4) is 0 Å². The van der Waals surface area contributed by atoms with E-state index in [0.29, 0.717) is 5.76 Å². The fourth-order valence-corrected chi connectivity index (χ4v) is 1.94. The van der Waals surface area contributed by atoms with Crippen molar-refractivity contribution in [3.63, 3.8) is 0 Å². The number of halogens is 1. The van der Waals surface area contributed by atoms with Crippen molar-refractivity contribution >= 4 is 27.5 Å². The molecular weight excluding hydrogens is 282 g/mol. The molecule has 0 saturated heterocycles. The monoisotopic (exact) mass is 293 g/mol. The number of anilines is 1. The molecular formula is C13H12BrNO2. The number of carbonyl (C=O) groups is 1. The maximum Gasteiger partial charge on any atom is 0.291 e. The fraction of sp³-hybridized carbons (Fsp3) is 0.154. The van der Waals surface area contributed by atoms with Gasteiger partial charge in [-0.25, -0.2) is 0 Å². The summed E-state index contributed by atoms with van der Waals surface area (Å²) < 4.78 is 6.07. The summed E-state index contributed by atoms with van der Waals surface area (Å²) in [4.78, 5) is 11.8. The van der Waals surface area contributed by atoms with Crippen molar-refractivity contribution in [1.29, 1.82) is 0 Å². The zero-order valence-electron chi connectivity index (χ0n) is 9.58. The van der Waals surface area contributed by atoms with E-state index in [4.69, 9.17) is 4.42 Å². The minimum absolute atomic E-state index is 0.236. The van der Waals surface area contributed by atoms with Crippen LogP contribution in [0.3, 0.4) is 0 Å². The van der Waals surface area contributed by atoms with Gasteiger partial charge in [0.25, 0.3) is 5.91 Å². The van der Waals surface area contributed by atoms with Gasteiger partial charge in [0.05, 0.1) is 6.26 Å². The average Bonchev–Trinajstić information content (AvgIpc) is 2.83. The van der Waals surface area contributed by atoms with Crippen molar-refractivity contribution < 1.29 is 9.21 Å². The quantitative estimate of drug-likeness (QED) is 0.912. The molecule has 0 radical (unpaired) electrons. The first kappa shape index (κ1) is 11.9. The van der Waals surface area contributed by atoms with E-state index in [2.05, 4.69) is 21.2 Å². The van der Waals surface area contributed by atoms with Crippen LogP contribution in [0.2, 0.25) is 0 Å². The van der Waals surface area contributed by atoms with E-state index in [-0.39, 0.29) is 5.91 Å². The molecule has 2 aromatic rings. The molecule has 2 rings (SSSR count). The van der Waals surface area contributed by atoms with Gasteiger partial charge in [-0.15, -0.1) is 0 Å². The summed E-state index contributed by atoms with van der Waals surface area (Å²) in [6, 6.07) is 7.11. The fourth-order valence-electron chi connectivity index (χ4n) is 1.51. The molecule has 0 unspecified atom stereocenters. The minimum Gasteiger partial charge on any atom is -0.459 e. The zero-order valence-corrected chi connectivity index (χ0v) is 11.2. The van der Waals surface area contributed by atoms with E-state index in [1.54, 1.807) is 12.1 Å². The van der Waals surface area contributed by atoms with Crippen LogP contribution in [0.1, 0.15) is 21.7 Å². The lowest BCUT2D eigenvalue weighted by Gasteiger charge is -2.10. The zero-order chi connectivity index (χ0) is 12.4. The molecule has 0 atom stereocenters. The van der Waals surface area contributed by atoms with Crippen LogP contribution >= 0.6 is 15.9 Å². The summed E-state index contributed by atoms with van der Waals surface area (Å²) in [5.74, 6) is 0.0739. The van der Waals surface area contributed by atoms with Gasteiger partial charge < -0.3 is 9.73 Å². The van der Waals surface area contributed by atoms with E-state index in [1.807, 2.05) is 26.0 Å².